The summed E-state index contributed by atoms with van der Waals surface area (Å²) in [5.41, 5.74) is 1.38. The SMILES string of the molecule is CCn1ncc2c(Cl)c(-c3nnc(C)o3)cnc21. The summed E-state index contributed by atoms with van der Waals surface area (Å²) >= 11 is 6.33. The van der Waals surface area contributed by atoms with Crippen molar-refractivity contribution in [2.75, 3.05) is 0 Å². The lowest BCUT2D eigenvalue weighted by Crippen LogP contribution is -1.97. The van der Waals surface area contributed by atoms with Crippen LogP contribution in [0.1, 0.15) is 12.8 Å². The van der Waals surface area contributed by atoms with E-state index in [4.69, 9.17) is 16.0 Å². The molecule has 0 fully saturated rings. The van der Waals surface area contributed by atoms with Crippen LogP contribution in [0.15, 0.2) is 16.8 Å². The zero-order valence-corrected chi connectivity index (χ0v) is 10.6. The molecule has 0 aromatic carbocycles. The highest BCUT2D eigenvalue weighted by molar-refractivity contribution is 6.37. The summed E-state index contributed by atoms with van der Waals surface area (Å²) in [4.78, 5) is 4.35. The van der Waals surface area contributed by atoms with Crippen LogP contribution >= 0.6 is 11.6 Å². The van der Waals surface area contributed by atoms with Crippen LogP contribution in [0.4, 0.5) is 0 Å². The molecule has 0 amide bonds. The van der Waals surface area contributed by atoms with E-state index >= 15 is 0 Å². The maximum atomic E-state index is 6.33. The average molecular weight is 264 g/mol. The Morgan fingerprint density at radius 1 is 1.33 bits per heavy atom. The second-order valence-electron chi connectivity index (χ2n) is 3.81. The average Bonchev–Trinajstić information content (AvgIpc) is 2.96. The maximum absolute atomic E-state index is 6.33. The Morgan fingerprint density at radius 2 is 2.17 bits per heavy atom. The maximum Gasteiger partial charge on any atom is 0.250 e. The number of aryl methyl sites for hydroxylation is 2. The Balaban J connectivity index is 2.23. The molecule has 6 nitrogen and oxygen atoms in total. The van der Waals surface area contributed by atoms with Crippen LogP contribution in [0.2, 0.25) is 5.02 Å². The predicted octanol–water partition coefficient (Wildman–Crippen LogP) is 2.46. The molecule has 0 saturated heterocycles. The lowest BCUT2D eigenvalue weighted by molar-refractivity contribution is 0.532. The highest BCUT2D eigenvalue weighted by Crippen LogP contribution is 2.32. The van der Waals surface area contributed by atoms with Gasteiger partial charge in [0.2, 0.25) is 5.89 Å². The molecule has 0 aliphatic heterocycles. The van der Waals surface area contributed by atoms with Crippen molar-refractivity contribution in [3.8, 4) is 11.5 Å². The first-order chi connectivity index (χ1) is 8.70. The molecule has 0 saturated carbocycles. The topological polar surface area (TPSA) is 69.6 Å². The molecule has 7 heteroatoms. The Hall–Kier alpha value is -1.95. The quantitative estimate of drug-likeness (QED) is 0.710. The second-order valence-corrected chi connectivity index (χ2v) is 4.19. The molecule has 0 atom stereocenters. The molecular weight excluding hydrogens is 254 g/mol. The number of halogens is 1. The summed E-state index contributed by atoms with van der Waals surface area (Å²) in [5, 5.41) is 13.3. The summed E-state index contributed by atoms with van der Waals surface area (Å²) < 4.78 is 7.14. The number of aromatic nitrogens is 5. The van der Waals surface area contributed by atoms with Gasteiger partial charge in [-0.05, 0) is 6.92 Å². The first-order valence-corrected chi connectivity index (χ1v) is 5.89. The molecule has 0 aliphatic carbocycles. The number of hydrogen-bond acceptors (Lipinski definition) is 5. The summed E-state index contributed by atoms with van der Waals surface area (Å²) in [7, 11) is 0. The van der Waals surface area contributed by atoms with E-state index in [0.717, 1.165) is 17.6 Å². The first-order valence-electron chi connectivity index (χ1n) is 5.51. The van der Waals surface area contributed by atoms with Crippen molar-refractivity contribution < 1.29 is 4.42 Å². The summed E-state index contributed by atoms with van der Waals surface area (Å²) in [6, 6.07) is 0. The van der Waals surface area contributed by atoms with Gasteiger partial charge >= 0.3 is 0 Å². The van der Waals surface area contributed by atoms with Gasteiger partial charge in [0.05, 0.1) is 22.2 Å². The van der Waals surface area contributed by atoms with Gasteiger partial charge in [-0.25, -0.2) is 9.67 Å². The minimum Gasteiger partial charge on any atom is -0.421 e. The summed E-state index contributed by atoms with van der Waals surface area (Å²) in [5.74, 6) is 0.863. The van der Waals surface area contributed by atoms with E-state index in [-0.39, 0.29) is 0 Å². The Labute approximate surface area is 108 Å². The minimum atomic E-state index is 0.371. The molecule has 3 aromatic heterocycles. The van der Waals surface area contributed by atoms with Crippen LogP contribution in [-0.4, -0.2) is 25.0 Å². The van der Waals surface area contributed by atoms with Gasteiger partial charge in [0, 0.05) is 19.7 Å². The molecule has 0 unspecified atom stereocenters. The third-order valence-corrected chi connectivity index (χ3v) is 3.06. The number of pyridine rings is 1. The number of nitrogens with zero attached hydrogens (tertiary/aromatic N) is 5. The van der Waals surface area contributed by atoms with Gasteiger partial charge in [-0.1, -0.05) is 11.6 Å². The smallest absolute Gasteiger partial charge is 0.250 e. The van der Waals surface area contributed by atoms with Crippen molar-refractivity contribution in [1.82, 2.24) is 25.0 Å². The van der Waals surface area contributed by atoms with Gasteiger partial charge in [0.25, 0.3) is 5.89 Å². The fourth-order valence-corrected chi connectivity index (χ4v) is 2.05. The van der Waals surface area contributed by atoms with Crippen molar-refractivity contribution in [1.29, 1.82) is 0 Å². The number of hydrogen-bond donors (Lipinski definition) is 0. The zero-order valence-electron chi connectivity index (χ0n) is 9.88. The van der Waals surface area contributed by atoms with E-state index in [1.54, 1.807) is 24.0 Å². The Morgan fingerprint density at radius 3 is 2.83 bits per heavy atom. The molecule has 18 heavy (non-hydrogen) atoms. The van der Waals surface area contributed by atoms with Gasteiger partial charge in [-0.3, -0.25) is 0 Å². The van der Waals surface area contributed by atoms with Gasteiger partial charge in [-0.15, -0.1) is 10.2 Å². The second kappa shape index (κ2) is 4.06. The lowest BCUT2D eigenvalue weighted by Gasteiger charge is -2.01. The van der Waals surface area contributed by atoms with Gasteiger partial charge < -0.3 is 4.42 Å². The monoisotopic (exact) mass is 263 g/mol. The van der Waals surface area contributed by atoms with Crippen LogP contribution < -0.4 is 0 Å². The highest BCUT2D eigenvalue weighted by atomic mass is 35.5. The fourth-order valence-electron chi connectivity index (χ4n) is 1.78. The normalized spacial score (nSPS) is 11.3. The predicted molar refractivity (Wildman–Crippen MR) is 66.2 cm³/mol. The molecule has 0 bridgehead atoms. The van der Waals surface area contributed by atoms with Gasteiger partial charge in [-0.2, -0.15) is 5.10 Å². The minimum absolute atomic E-state index is 0.371. The molecule has 92 valence electrons. The number of rotatable bonds is 2. The molecule has 0 N–H and O–H groups in total. The number of fused-ring (bicyclic) bond motifs is 1. The molecular formula is C11H10ClN5O. The highest BCUT2D eigenvalue weighted by Gasteiger charge is 2.16. The largest absolute Gasteiger partial charge is 0.421 e. The third-order valence-electron chi connectivity index (χ3n) is 2.66. The van der Waals surface area contributed by atoms with E-state index in [0.29, 0.717) is 22.4 Å². The molecule has 3 heterocycles. The van der Waals surface area contributed by atoms with Crippen molar-refractivity contribution in [3.63, 3.8) is 0 Å². The Bertz CT molecular complexity index is 717. The molecule has 0 aliphatic rings. The van der Waals surface area contributed by atoms with Crippen molar-refractivity contribution >= 4 is 22.6 Å². The van der Waals surface area contributed by atoms with Crippen molar-refractivity contribution in [3.05, 3.63) is 23.3 Å². The standard InChI is InChI=1S/C11H10ClN5O/c1-3-17-10-7(5-14-17)9(12)8(4-13-10)11-16-15-6(2)18-11/h4-5H,3H2,1-2H3. The zero-order chi connectivity index (χ0) is 12.7. The van der Waals surface area contributed by atoms with E-state index in [1.165, 1.54) is 0 Å². The van der Waals surface area contributed by atoms with E-state index in [9.17, 15) is 0 Å². The van der Waals surface area contributed by atoms with Crippen LogP contribution in [0.3, 0.4) is 0 Å². The van der Waals surface area contributed by atoms with Gasteiger partial charge in [0.1, 0.15) is 0 Å². The van der Waals surface area contributed by atoms with Crippen LogP contribution in [-0.2, 0) is 6.54 Å². The molecule has 0 spiro atoms. The van der Waals surface area contributed by atoms with Crippen molar-refractivity contribution in [2.24, 2.45) is 0 Å². The molecule has 0 radical (unpaired) electrons. The summed E-state index contributed by atoms with van der Waals surface area (Å²) in [6.07, 6.45) is 3.33. The van der Waals surface area contributed by atoms with E-state index in [1.807, 2.05) is 6.92 Å². The Kier molecular flexibility index (Phi) is 2.52. The van der Waals surface area contributed by atoms with Gasteiger partial charge in [0.15, 0.2) is 5.65 Å². The summed E-state index contributed by atoms with van der Waals surface area (Å²) in [6.45, 7) is 4.47. The van der Waals surface area contributed by atoms with Crippen LogP contribution in [0.25, 0.3) is 22.5 Å². The van der Waals surface area contributed by atoms with E-state index < -0.39 is 0 Å². The third kappa shape index (κ3) is 1.57. The first kappa shape index (κ1) is 11.2. The fraction of sp³-hybridized carbons (Fsp3) is 0.273. The van der Waals surface area contributed by atoms with Crippen molar-refractivity contribution in [2.45, 2.75) is 20.4 Å². The van der Waals surface area contributed by atoms with Crippen LogP contribution in [0.5, 0.6) is 0 Å². The van der Waals surface area contributed by atoms with E-state index in [2.05, 4.69) is 20.3 Å². The van der Waals surface area contributed by atoms with Crippen LogP contribution in [0, 0.1) is 6.92 Å². The lowest BCUT2D eigenvalue weighted by atomic mass is 10.2. The molecule has 3 aromatic rings. The molecule has 3 rings (SSSR count).